The van der Waals surface area contributed by atoms with Gasteiger partial charge in [-0.15, -0.1) is 0 Å². The number of halogens is 1. The Morgan fingerprint density at radius 1 is 1.11 bits per heavy atom. The molecule has 9 nitrogen and oxygen atoms in total. The van der Waals surface area contributed by atoms with Gasteiger partial charge in [-0.25, -0.2) is 22.5 Å². The van der Waals surface area contributed by atoms with Crippen molar-refractivity contribution in [3.63, 3.8) is 0 Å². The Morgan fingerprint density at radius 3 is 2.34 bits per heavy atom. The largest absolute Gasteiger partial charge is 0.381 e. The zero-order chi connectivity index (χ0) is 25.6. The van der Waals surface area contributed by atoms with Gasteiger partial charge in [0, 0.05) is 24.3 Å². The number of aromatic nitrogens is 1. The van der Waals surface area contributed by atoms with Crippen LogP contribution in [0.2, 0.25) is 0 Å². The molecule has 35 heavy (non-hydrogen) atoms. The summed E-state index contributed by atoms with van der Waals surface area (Å²) >= 11 is 0. The third-order valence-electron chi connectivity index (χ3n) is 5.36. The van der Waals surface area contributed by atoms with E-state index in [0.717, 1.165) is 12.8 Å². The fourth-order valence-corrected chi connectivity index (χ4v) is 5.04. The maximum Gasteiger partial charge on any atom is 0.258 e. The van der Waals surface area contributed by atoms with Crippen LogP contribution in [-0.4, -0.2) is 50.0 Å². The maximum absolute atomic E-state index is 13.2. The molecule has 190 valence electrons. The third-order valence-corrected chi connectivity index (χ3v) is 7.03. The van der Waals surface area contributed by atoms with Crippen LogP contribution in [0, 0.1) is 11.7 Å². The highest BCUT2D eigenvalue weighted by molar-refractivity contribution is 7.89. The number of nitrogens with zero attached hydrogens (tertiary/aromatic N) is 1. The fraction of sp³-hybridized carbons (Fsp3) is 0.458. The van der Waals surface area contributed by atoms with Gasteiger partial charge in [-0.1, -0.05) is 0 Å². The SMILES string of the molecule is CC(C)(C)NS(=O)(=O)c1ccc(NC(=O)[C@H](CC2CCOCC2)NC(=O)c2ccc(F)cc2)cn1. The van der Waals surface area contributed by atoms with Gasteiger partial charge >= 0.3 is 0 Å². The first-order valence-electron chi connectivity index (χ1n) is 11.4. The highest BCUT2D eigenvalue weighted by Gasteiger charge is 2.27. The van der Waals surface area contributed by atoms with E-state index in [4.69, 9.17) is 4.74 Å². The van der Waals surface area contributed by atoms with Gasteiger partial charge < -0.3 is 15.4 Å². The molecule has 2 aromatic rings. The van der Waals surface area contributed by atoms with Crippen molar-refractivity contribution in [3.05, 3.63) is 54.0 Å². The van der Waals surface area contributed by atoms with Gasteiger partial charge in [-0.05, 0) is 82.3 Å². The van der Waals surface area contributed by atoms with Crippen molar-refractivity contribution < 1.29 is 27.1 Å². The number of pyridine rings is 1. The van der Waals surface area contributed by atoms with Crippen LogP contribution in [0.15, 0.2) is 47.6 Å². The first-order valence-corrected chi connectivity index (χ1v) is 12.9. The van der Waals surface area contributed by atoms with Crippen LogP contribution in [-0.2, 0) is 19.6 Å². The molecule has 1 aliphatic rings. The number of hydrogen-bond donors (Lipinski definition) is 3. The summed E-state index contributed by atoms with van der Waals surface area (Å²) in [6, 6.07) is 6.94. The molecule has 2 heterocycles. The van der Waals surface area contributed by atoms with Gasteiger partial charge in [0.25, 0.3) is 15.9 Å². The van der Waals surface area contributed by atoms with Crippen molar-refractivity contribution in [1.82, 2.24) is 15.0 Å². The zero-order valence-electron chi connectivity index (χ0n) is 20.0. The summed E-state index contributed by atoms with van der Waals surface area (Å²) in [7, 11) is -3.82. The molecule has 0 spiro atoms. The predicted octanol–water partition coefficient (Wildman–Crippen LogP) is 2.85. The quantitative estimate of drug-likeness (QED) is 0.505. The van der Waals surface area contributed by atoms with Crippen molar-refractivity contribution in [2.45, 2.75) is 56.6 Å². The molecule has 1 aliphatic heterocycles. The van der Waals surface area contributed by atoms with Crippen LogP contribution in [0.5, 0.6) is 0 Å². The Bertz CT molecular complexity index is 1130. The molecule has 0 bridgehead atoms. The highest BCUT2D eigenvalue weighted by Crippen LogP contribution is 2.22. The third kappa shape index (κ3) is 8.08. The van der Waals surface area contributed by atoms with Gasteiger partial charge in [0.05, 0.1) is 11.9 Å². The predicted molar refractivity (Wildman–Crippen MR) is 129 cm³/mol. The zero-order valence-corrected chi connectivity index (χ0v) is 20.8. The van der Waals surface area contributed by atoms with E-state index in [-0.39, 0.29) is 22.2 Å². The summed E-state index contributed by atoms with van der Waals surface area (Å²) in [6.07, 6.45) is 3.19. The van der Waals surface area contributed by atoms with Crippen LogP contribution < -0.4 is 15.4 Å². The summed E-state index contributed by atoms with van der Waals surface area (Å²) in [4.78, 5) is 29.8. The number of anilines is 1. The van der Waals surface area contributed by atoms with Gasteiger partial charge in [-0.3, -0.25) is 9.59 Å². The number of nitrogens with one attached hydrogen (secondary N) is 3. The number of carbonyl (C=O) groups is 2. The van der Waals surface area contributed by atoms with E-state index in [1.165, 1.54) is 42.6 Å². The molecule has 1 aromatic heterocycles. The second-order valence-corrected chi connectivity index (χ2v) is 11.2. The topological polar surface area (TPSA) is 126 Å². The number of carbonyl (C=O) groups excluding carboxylic acids is 2. The molecule has 0 radical (unpaired) electrons. The Morgan fingerprint density at radius 2 is 1.77 bits per heavy atom. The van der Waals surface area contributed by atoms with Crippen molar-refractivity contribution in [3.8, 4) is 0 Å². The molecule has 1 atom stereocenters. The summed E-state index contributed by atoms with van der Waals surface area (Å²) in [5.41, 5.74) is -0.149. The van der Waals surface area contributed by atoms with Gasteiger partial charge in [0.2, 0.25) is 5.91 Å². The number of ether oxygens (including phenoxy) is 1. The minimum Gasteiger partial charge on any atom is -0.381 e. The second-order valence-electron chi connectivity index (χ2n) is 9.55. The lowest BCUT2D eigenvalue weighted by Crippen LogP contribution is -2.45. The van der Waals surface area contributed by atoms with E-state index < -0.39 is 39.2 Å². The van der Waals surface area contributed by atoms with E-state index in [1.807, 2.05) is 0 Å². The van der Waals surface area contributed by atoms with Gasteiger partial charge in [0.15, 0.2) is 5.03 Å². The number of amides is 2. The maximum atomic E-state index is 13.2. The van der Waals surface area contributed by atoms with E-state index in [1.54, 1.807) is 20.8 Å². The van der Waals surface area contributed by atoms with Crippen molar-refractivity contribution in [2.75, 3.05) is 18.5 Å². The number of hydrogen-bond acceptors (Lipinski definition) is 6. The van der Waals surface area contributed by atoms with Crippen LogP contribution >= 0.6 is 0 Å². The monoisotopic (exact) mass is 506 g/mol. The normalized spacial score (nSPS) is 15.9. The summed E-state index contributed by atoms with van der Waals surface area (Å²) in [5, 5.41) is 5.27. The average Bonchev–Trinajstić information content (AvgIpc) is 2.78. The first kappa shape index (κ1) is 26.7. The van der Waals surface area contributed by atoms with Crippen LogP contribution in [0.3, 0.4) is 0 Å². The molecule has 1 fully saturated rings. The minimum absolute atomic E-state index is 0.172. The Labute approximate surface area is 204 Å². The highest BCUT2D eigenvalue weighted by atomic mass is 32.2. The van der Waals surface area contributed by atoms with Crippen LogP contribution in [0.25, 0.3) is 0 Å². The molecular formula is C24H31FN4O5S. The number of sulfonamides is 1. The Hall–Kier alpha value is -2.89. The molecular weight excluding hydrogens is 475 g/mol. The molecule has 0 unspecified atom stereocenters. The summed E-state index contributed by atoms with van der Waals surface area (Å²) in [5.74, 6) is -1.24. The lowest BCUT2D eigenvalue weighted by atomic mass is 9.92. The number of benzene rings is 1. The van der Waals surface area contributed by atoms with E-state index in [0.29, 0.717) is 19.6 Å². The van der Waals surface area contributed by atoms with Crippen LogP contribution in [0.4, 0.5) is 10.1 Å². The lowest BCUT2D eigenvalue weighted by Gasteiger charge is -2.27. The average molecular weight is 507 g/mol. The fourth-order valence-electron chi connectivity index (χ4n) is 3.69. The van der Waals surface area contributed by atoms with Crippen molar-refractivity contribution in [1.29, 1.82) is 0 Å². The Balaban J connectivity index is 1.72. The van der Waals surface area contributed by atoms with Crippen molar-refractivity contribution >= 4 is 27.5 Å². The molecule has 2 amide bonds. The van der Waals surface area contributed by atoms with E-state index in [2.05, 4.69) is 20.3 Å². The molecule has 3 rings (SSSR count). The van der Waals surface area contributed by atoms with Gasteiger partial charge in [0.1, 0.15) is 11.9 Å². The van der Waals surface area contributed by atoms with Crippen molar-refractivity contribution in [2.24, 2.45) is 5.92 Å². The van der Waals surface area contributed by atoms with Gasteiger partial charge in [-0.2, -0.15) is 0 Å². The second kappa shape index (κ2) is 11.2. The molecule has 1 aromatic carbocycles. The van der Waals surface area contributed by atoms with E-state index in [9.17, 15) is 22.4 Å². The summed E-state index contributed by atoms with van der Waals surface area (Å²) < 4.78 is 46.0. The minimum atomic E-state index is -3.82. The molecule has 0 saturated carbocycles. The molecule has 0 aliphatic carbocycles. The van der Waals surface area contributed by atoms with Crippen LogP contribution in [0.1, 0.15) is 50.4 Å². The van der Waals surface area contributed by atoms with E-state index >= 15 is 0 Å². The Kier molecular flexibility index (Phi) is 8.57. The standard InChI is InChI=1S/C24H31FN4O5S/c1-24(2,3)29-35(32,33)21-9-8-19(15-26-21)27-23(31)20(14-16-10-12-34-13-11-16)28-22(30)17-4-6-18(25)7-5-17/h4-9,15-16,20,29H,10-14H2,1-3H3,(H,27,31)(H,28,30)/t20-/m0/s1. The smallest absolute Gasteiger partial charge is 0.258 e. The first-order chi connectivity index (χ1) is 16.4. The lowest BCUT2D eigenvalue weighted by molar-refractivity contribution is -0.118. The summed E-state index contributed by atoms with van der Waals surface area (Å²) in [6.45, 7) is 6.34. The molecule has 1 saturated heterocycles. The molecule has 11 heteroatoms. The number of rotatable bonds is 8. The molecule has 3 N–H and O–H groups in total.